The van der Waals surface area contributed by atoms with Gasteiger partial charge >= 0.3 is 5.97 Å². The highest BCUT2D eigenvalue weighted by Gasteiger charge is 2.10. The fourth-order valence-electron chi connectivity index (χ4n) is 1.37. The molecule has 112 valence electrons. The van der Waals surface area contributed by atoms with Crippen LogP contribution >= 0.6 is 0 Å². The Morgan fingerprint density at radius 3 is 2.52 bits per heavy atom. The number of benzene rings is 1. The molecule has 6 heteroatoms. The van der Waals surface area contributed by atoms with Gasteiger partial charge in [0.15, 0.2) is 13.2 Å². The van der Waals surface area contributed by atoms with Crippen LogP contribution in [0.25, 0.3) is 0 Å². The van der Waals surface area contributed by atoms with E-state index in [9.17, 15) is 9.59 Å². The SMILES string of the molecule is CC[C@H](C)NC(=O)COC(=O)COc1ccc(C#N)cc1. The minimum Gasteiger partial charge on any atom is -0.482 e. The zero-order chi connectivity index (χ0) is 15.7. The molecule has 0 spiro atoms. The zero-order valence-corrected chi connectivity index (χ0v) is 12.1. The quantitative estimate of drug-likeness (QED) is 0.767. The third kappa shape index (κ3) is 6.43. The van der Waals surface area contributed by atoms with Crippen molar-refractivity contribution in [3.05, 3.63) is 29.8 Å². The van der Waals surface area contributed by atoms with Crippen LogP contribution in [0.5, 0.6) is 5.75 Å². The number of nitrogens with zero attached hydrogens (tertiary/aromatic N) is 1. The van der Waals surface area contributed by atoms with Gasteiger partial charge in [0.25, 0.3) is 5.91 Å². The largest absolute Gasteiger partial charge is 0.482 e. The first-order valence-corrected chi connectivity index (χ1v) is 6.63. The summed E-state index contributed by atoms with van der Waals surface area (Å²) in [4.78, 5) is 22.8. The number of hydrogen-bond donors (Lipinski definition) is 1. The summed E-state index contributed by atoms with van der Waals surface area (Å²) in [6.45, 7) is 3.21. The predicted molar refractivity (Wildman–Crippen MR) is 75.5 cm³/mol. The van der Waals surface area contributed by atoms with E-state index in [0.717, 1.165) is 6.42 Å². The van der Waals surface area contributed by atoms with E-state index in [4.69, 9.17) is 14.7 Å². The Labute approximate surface area is 123 Å². The van der Waals surface area contributed by atoms with Crippen molar-refractivity contribution in [3.63, 3.8) is 0 Å². The topological polar surface area (TPSA) is 88.4 Å². The Bertz CT molecular complexity index is 519. The maximum absolute atomic E-state index is 11.4. The Kier molecular flexibility index (Phi) is 6.75. The number of nitriles is 1. The summed E-state index contributed by atoms with van der Waals surface area (Å²) in [7, 11) is 0. The second-order valence-electron chi connectivity index (χ2n) is 4.46. The lowest BCUT2D eigenvalue weighted by molar-refractivity contribution is -0.150. The molecule has 0 aromatic heterocycles. The van der Waals surface area contributed by atoms with Gasteiger partial charge in [0.2, 0.25) is 0 Å². The van der Waals surface area contributed by atoms with E-state index in [-0.39, 0.29) is 25.2 Å². The van der Waals surface area contributed by atoms with Gasteiger partial charge in [-0.3, -0.25) is 4.79 Å². The number of carbonyl (C=O) groups is 2. The molecule has 0 aliphatic heterocycles. The molecular formula is C15H18N2O4. The molecule has 0 unspecified atom stereocenters. The molecule has 1 amide bonds. The summed E-state index contributed by atoms with van der Waals surface area (Å²) in [5.74, 6) is -0.509. The smallest absolute Gasteiger partial charge is 0.344 e. The van der Waals surface area contributed by atoms with Gasteiger partial charge in [0.1, 0.15) is 5.75 Å². The van der Waals surface area contributed by atoms with Crippen molar-refractivity contribution >= 4 is 11.9 Å². The van der Waals surface area contributed by atoms with E-state index in [1.807, 2.05) is 19.9 Å². The lowest BCUT2D eigenvalue weighted by Gasteiger charge is -2.11. The Morgan fingerprint density at radius 1 is 1.29 bits per heavy atom. The zero-order valence-electron chi connectivity index (χ0n) is 12.1. The molecule has 0 aliphatic carbocycles. The number of rotatable bonds is 7. The van der Waals surface area contributed by atoms with Crippen LogP contribution in [-0.4, -0.2) is 31.1 Å². The number of ether oxygens (including phenoxy) is 2. The second-order valence-corrected chi connectivity index (χ2v) is 4.46. The van der Waals surface area contributed by atoms with Crippen molar-refractivity contribution in [2.45, 2.75) is 26.3 Å². The van der Waals surface area contributed by atoms with Gasteiger partial charge in [-0.25, -0.2) is 4.79 Å². The van der Waals surface area contributed by atoms with Crippen LogP contribution in [0.15, 0.2) is 24.3 Å². The average molecular weight is 290 g/mol. The van der Waals surface area contributed by atoms with Crippen LogP contribution in [0.4, 0.5) is 0 Å². The van der Waals surface area contributed by atoms with E-state index >= 15 is 0 Å². The maximum atomic E-state index is 11.4. The van der Waals surface area contributed by atoms with Crippen molar-refractivity contribution in [2.75, 3.05) is 13.2 Å². The third-order valence-electron chi connectivity index (χ3n) is 2.72. The molecule has 1 aromatic rings. The molecule has 1 aromatic carbocycles. The number of esters is 1. The van der Waals surface area contributed by atoms with Crippen LogP contribution in [0.2, 0.25) is 0 Å². The van der Waals surface area contributed by atoms with Gasteiger partial charge in [-0.1, -0.05) is 6.92 Å². The monoisotopic (exact) mass is 290 g/mol. The highest BCUT2D eigenvalue weighted by molar-refractivity contribution is 5.81. The maximum Gasteiger partial charge on any atom is 0.344 e. The molecule has 0 bridgehead atoms. The van der Waals surface area contributed by atoms with Crippen LogP contribution in [-0.2, 0) is 14.3 Å². The van der Waals surface area contributed by atoms with E-state index in [1.54, 1.807) is 24.3 Å². The average Bonchev–Trinajstić information content (AvgIpc) is 2.51. The molecule has 21 heavy (non-hydrogen) atoms. The standard InChI is InChI=1S/C15H18N2O4/c1-3-11(2)17-14(18)9-21-15(19)10-20-13-6-4-12(8-16)5-7-13/h4-7,11H,3,9-10H2,1-2H3,(H,17,18)/t11-/m0/s1. The van der Waals surface area contributed by atoms with E-state index < -0.39 is 5.97 Å². The molecule has 1 atom stereocenters. The third-order valence-corrected chi connectivity index (χ3v) is 2.72. The van der Waals surface area contributed by atoms with Crippen LogP contribution in [0.3, 0.4) is 0 Å². The fraction of sp³-hybridized carbons (Fsp3) is 0.400. The van der Waals surface area contributed by atoms with Crippen molar-refractivity contribution in [3.8, 4) is 11.8 Å². The molecule has 6 nitrogen and oxygen atoms in total. The number of carbonyl (C=O) groups excluding carboxylic acids is 2. The Morgan fingerprint density at radius 2 is 1.95 bits per heavy atom. The first-order chi connectivity index (χ1) is 10.0. The minimum absolute atomic E-state index is 0.0473. The summed E-state index contributed by atoms with van der Waals surface area (Å²) in [6.07, 6.45) is 0.807. The fourth-order valence-corrected chi connectivity index (χ4v) is 1.37. The molecule has 0 radical (unpaired) electrons. The van der Waals surface area contributed by atoms with Crippen molar-refractivity contribution < 1.29 is 19.1 Å². The van der Waals surface area contributed by atoms with Gasteiger partial charge < -0.3 is 14.8 Å². The second kappa shape index (κ2) is 8.59. The van der Waals surface area contributed by atoms with Crippen LogP contribution in [0, 0.1) is 11.3 Å². The van der Waals surface area contributed by atoms with Gasteiger partial charge in [0, 0.05) is 6.04 Å². The van der Waals surface area contributed by atoms with Gasteiger partial charge in [-0.05, 0) is 37.6 Å². The summed E-state index contributed by atoms with van der Waals surface area (Å²) >= 11 is 0. The molecule has 1 N–H and O–H groups in total. The van der Waals surface area contributed by atoms with Gasteiger partial charge in [0.05, 0.1) is 11.6 Å². The molecule has 1 rings (SSSR count). The van der Waals surface area contributed by atoms with Crippen molar-refractivity contribution in [1.29, 1.82) is 5.26 Å². The highest BCUT2D eigenvalue weighted by Crippen LogP contribution is 2.11. The Hall–Kier alpha value is -2.55. The lowest BCUT2D eigenvalue weighted by atomic mass is 10.2. The van der Waals surface area contributed by atoms with Crippen LogP contribution in [0.1, 0.15) is 25.8 Å². The molecule has 0 saturated carbocycles. The van der Waals surface area contributed by atoms with Crippen molar-refractivity contribution in [1.82, 2.24) is 5.32 Å². The van der Waals surface area contributed by atoms with Gasteiger partial charge in [-0.15, -0.1) is 0 Å². The number of amides is 1. The Balaban J connectivity index is 2.27. The normalized spacial score (nSPS) is 11.1. The minimum atomic E-state index is -0.626. The summed E-state index contributed by atoms with van der Waals surface area (Å²) in [6, 6.07) is 8.36. The highest BCUT2D eigenvalue weighted by atomic mass is 16.6. The molecule has 0 heterocycles. The van der Waals surface area contributed by atoms with Gasteiger partial charge in [-0.2, -0.15) is 5.26 Å². The molecule has 0 saturated heterocycles. The van der Waals surface area contributed by atoms with Crippen molar-refractivity contribution in [2.24, 2.45) is 0 Å². The summed E-state index contributed by atoms with van der Waals surface area (Å²) < 4.78 is 9.97. The molecule has 0 fully saturated rings. The van der Waals surface area contributed by atoms with E-state index in [2.05, 4.69) is 5.32 Å². The predicted octanol–water partition coefficient (Wildman–Crippen LogP) is 1.39. The number of nitrogens with one attached hydrogen (secondary N) is 1. The number of hydrogen-bond acceptors (Lipinski definition) is 5. The molecular weight excluding hydrogens is 272 g/mol. The van der Waals surface area contributed by atoms with E-state index in [0.29, 0.717) is 11.3 Å². The van der Waals surface area contributed by atoms with E-state index in [1.165, 1.54) is 0 Å². The first kappa shape index (κ1) is 16.5. The first-order valence-electron chi connectivity index (χ1n) is 6.63. The summed E-state index contributed by atoms with van der Waals surface area (Å²) in [5, 5.41) is 11.3. The molecule has 0 aliphatic rings. The lowest BCUT2D eigenvalue weighted by Crippen LogP contribution is -2.35. The summed E-state index contributed by atoms with van der Waals surface area (Å²) in [5.41, 5.74) is 0.506. The van der Waals surface area contributed by atoms with Crippen LogP contribution < -0.4 is 10.1 Å².